The number of carboxylic acids is 1. The van der Waals surface area contributed by atoms with E-state index in [4.69, 9.17) is 5.11 Å². The fourth-order valence-electron chi connectivity index (χ4n) is 2.90. The molecule has 0 aromatic carbocycles. The fourth-order valence-corrected chi connectivity index (χ4v) is 2.90. The van der Waals surface area contributed by atoms with E-state index in [0.717, 1.165) is 18.9 Å². The summed E-state index contributed by atoms with van der Waals surface area (Å²) in [4.78, 5) is 35.6. The first-order chi connectivity index (χ1) is 11.0. The molecular formula is C16H24N4O3. The second kappa shape index (κ2) is 7.89. The maximum Gasteiger partial charge on any atom is 0.323 e. The highest BCUT2D eigenvalue weighted by atomic mass is 16.4. The third kappa shape index (κ3) is 4.91. The van der Waals surface area contributed by atoms with Crippen LogP contribution in [0.2, 0.25) is 0 Å². The van der Waals surface area contributed by atoms with Gasteiger partial charge in [-0.15, -0.1) is 0 Å². The van der Waals surface area contributed by atoms with Gasteiger partial charge in [0.25, 0.3) is 0 Å². The van der Waals surface area contributed by atoms with E-state index in [1.807, 2.05) is 13.8 Å². The van der Waals surface area contributed by atoms with Gasteiger partial charge in [-0.1, -0.05) is 13.8 Å². The van der Waals surface area contributed by atoms with Crippen LogP contribution in [0.1, 0.15) is 26.7 Å². The molecule has 7 nitrogen and oxygen atoms in total. The minimum atomic E-state index is -0.962. The molecule has 1 saturated heterocycles. The Morgan fingerprint density at radius 2 is 2.04 bits per heavy atom. The van der Waals surface area contributed by atoms with Gasteiger partial charge in [-0.3, -0.25) is 14.6 Å². The molecular weight excluding hydrogens is 296 g/mol. The van der Waals surface area contributed by atoms with Crippen molar-refractivity contribution in [2.24, 2.45) is 11.8 Å². The van der Waals surface area contributed by atoms with Gasteiger partial charge in [0.1, 0.15) is 12.4 Å². The first-order valence-corrected chi connectivity index (χ1v) is 7.99. The Balaban J connectivity index is 1.94. The second-order valence-corrected chi connectivity index (χ2v) is 6.33. The highest BCUT2D eigenvalue weighted by molar-refractivity contribution is 5.83. The van der Waals surface area contributed by atoms with Crippen LogP contribution in [0, 0.1) is 11.8 Å². The maximum absolute atomic E-state index is 12.6. The van der Waals surface area contributed by atoms with Gasteiger partial charge in [0.05, 0.1) is 6.20 Å². The summed E-state index contributed by atoms with van der Waals surface area (Å²) in [6, 6.07) is 0. The molecule has 0 saturated carbocycles. The average Bonchev–Trinajstić information content (AvgIpc) is 2.54. The van der Waals surface area contributed by atoms with Crippen LogP contribution in [0.4, 0.5) is 5.82 Å². The van der Waals surface area contributed by atoms with Crippen LogP contribution in [0.3, 0.4) is 0 Å². The van der Waals surface area contributed by atoms with Crippen molar-refractivity contribution in [3.05, 3.63) is 18.6 Å². The van der Waals surface area contributed by atoms with Crippen LogP contribution < -0.4 is 4.90 Å². The molecule has 1 amide bonds. The first kappa shape index (κ1) is 17.2. The number of amides is 1. The van der Waals surface area contributed by atoms with Crippen LogP contribution in [0.25, 0.3) is 0 Å². The van der Waals surface area contributed by atoms with Gasteiger partial charge in [-0.2, -0.15) is 0 Å². The smallest absolute Gasteiger partial charge is 0.323 e. The van der Waals surface area contributed by atoms with E-state index >= 15 is 0 Å². The Morgan fingerprint density at radius 1 is 1.35 bits per heavy atom. The van der Waals surface area contributed by atoms with Gasteiger partial charge in [0, 0.05) is 37.9 Å². The topological polar surface area (TPSA) is 86.6 Å². The van der Waals surface area contributed by atoms with Crippen LogP contribution in [0.5, 0.6) is 0 Å². The molecule has 1 aliphatic heterocycles. The lowest BCUT2D eigenvalue weighted by molar-refractivity contribution is -0.147. The number of anilines is 1. The van der Waals surface area contributed by atoms with Crippen molar-refractivity contribution in [3.8, 4) is 0 Å². The summed E-state index contributed by atoms with van der Waals surface area (Å²) in [5.41, 5.74) is 0. The Kier molecular flexibility index (Phi) is 5.90. The fraction of sp³-hybridized carbons (Fsp3) is 0.625. The quantitative estimate of drug-likeness (QED) is 0.849. The van der Waals surface area contributed by atoms with Crippen molar-refractivity contribution < 1.29 is 14.7 Å². The highest BCUT2D eigenvalue weighted by Gasteiger charge is 2.30. The standard InChI is InChI=1S/C16H24N4O3/c1-12(2)10-20(11-15(21)22)16(23)13-3-7-19(8-4-13)14-9-17-5-6-18-14/h5-6,9,12-13H,3-4,7-8,10-11H2,1-2H3,(H,21,22). The molecule has 2 rings (SSSR count). The zero-order valence-electron chi connectivity index (χ0n) is 13.7. The number of aliphatic carboxylic acids is 1. The minimum Gasteiger partial charge on any atom is -0.480 e. The van der Waals surface area contributed by atoms with Crippen molar-refractivity contribution in [1.29, 1.82) is 0 Å². The van der Waals surface area contributed by atoms with E-state index in [9.17, 15) is 9.59 Å². The summed E-state index contributed by atoms with van der Waals surface area (Å²) in [5, 5.41) is 9.02. The summed E-state index contributed by atoms with van der Waals surface area (Å²) in [6.45, 7) is 5.70. The van der Waals surface area contributed by atoms with Crippen molar-refractivity contribution in [2.45, 2.75) is 26.7 Å². The van der Waals surface area contributed by atoms with Crippen molar-refractivity contribution in [1.82, 2.24) is 14.9 Å². The van der Waals surface area contributed by atoms with Crippen LogP contribution in [-0.4, -0.2) is 58.0 Å². The number of carboxylic acid groups (broad SMARTS) is 1. The van der Waals surface area contributed by atoms with Crippen LogP contribution in [0.15, 0.2) is 18.6 Å². The maximum atomic E-state index is 12.6. The monoisotopic (exact) mass is 320 g/mol. The summed E-state index contributed by atoms with van der Waals surface area (Å²) in [5.74, 6) is -0.0436. The number of rotatable bonds is 6. The lowest BCUT2D eigenvalue weighted by Crippen LogP contribution is -2.45. The molecule has 23 heavy (non-hydrogen) atoms. The van der Waals surface area contributed by atoms with Gasteiger partial charge < -0.3 is 14.9 Å². The van der Waals surface area contributed by atoms with Gasteiger partial charge in [-0.25, -0.2) is 4.98 Å². The number of piperidine rings is 1. The molecule has 0 spiro atoms. The normalized spacial score (nSPS) is 15.7. The number of hydrogen-bond donors (Lipinski definition) is 1. The number of nitrogens with zero attached hydrogens (tertiary/aromatic N) is 4. The largest absolute Gasteiger partial charge is 0.480 e. The lowest BCUT2D eigenvalue weighted by atomic mass is 9.95. The first-order valence-electron chi connectivity index (χ1n) is 7.99. The van der Waals surface area contributed by atoms with E-state index in [1.165, 1.54) is 4.90 Å². The molecule has 1 fully saturated rings. The van der Waals surface area contributed by atoms with E-state index in [0.29, 0.717) is 19.4 Å². The van der Waals surface area contributed by atoms with E-state index in [1.54, 1.807) is 18.6 Å². The van der Waals surface area contributed by atoms with Crippen molar-refractivity contribution in [3.63, 3.8) is 0 Å². The summed E-state index contributed by atoms with van der Waals surface area (Å²) in [6.07, 6.45) is 6.43. The SMILES string of the molecule is CC(C)CN(CC(=O)O)C(=O)C1CCN(c2cnccn2)CC1. The average molecular weight is 320 g/mol. The molecule has 1 aromatic heterocycles. The molecule has 0 bridgehead atoms. The zero-order chi connectivity index (χ0) is 16.8. The molecule has 1 aromatic rings. The number of hydrogen-bond acceptors (Lipinski definition) is 5. The van der Waals surface area contributed by atoms with Gasteiger partial charge in [0.15, 0.2) is 0 Å². The van der Waals surface area contributed by atoms with E-state index < -0.39 is 5.97 Å². The Bertz CT molecular complexity index is 527. The van der Waals surface area contributed by atoms with Crippen LogP contribution in [-0.2, 0) is 9.59 Å². The molecule has 1 aliphatic rings. The van der Waals surface area contributed by atoms with Crippen molar-refractivity contribution in [2.75, 3.05) is 31.1 Å². The Labute approximate surface area is 136 Å². The Hall–Kier alpha value is -2.18. The summed E-state index contributed by atoms with van der Waals surface area (Å²) in [7, 11) is 0. The molecule has 7 heteroatoms. The molecule has 0 aliphatic carbocycles. The predicted octanol–water partition coefficient (Wildman–Crippen LogP) is 1.26. The van der Waals surface area contributed by atoms with Crippen molar-refractivity contribution >= 4 is 17.7 Å². The lowest BCUT2D eigenvalue weighted by Gasteiger charge is -2.34. The zero-order valence-corrected chi connectivity index (χ0v) is 13.7. The molecule has 0 atom stereocenters. The Morgan fingerprint density at radius 3 is 2.57 bits per heavy atom. The molecule has 0 unspecified atom stereocenters. The summed E-state index contributed by atoms with van der Waals surface area (Å²) >= 11 is 0. The van der Waals surface area contributed by atoms with Gasteiger partial charge >= 0.3 is 5.97 Å². The van der Waals surface area contributed by atoms with E-state index in [-0.39, 0.29) is 24.3 Å². The number of carbonyl (C=O) groups is 2. The van der Waals surface area contributed by atoms with Gasteiger partial charge in [-0.05, 0) is 18.8 Å². The molecule has 0 radical (unpaired) electrons. The van der Waals surface area contributed by atoms with E-state index in [2.05, 4.69) is 14.9 Å². The third-order valence-electron chi connectivity index (χ3n) is 3.94. The van der Waals surface area contributed by atoms with Crippen LogP contribution >= 0.6 is 0 Å². The molecule has 126 valence electrons. The summed E-state index contributed by atoms with van der Waals surface area (Å²) < 4.78 is 0. The second-order valence-electron chi connectivity index (χ2n) is 6.33. The third-order valence-corrected chi connectivity index (χ3v) is 3.94. The predicted molar refractivity (Wildman–Crippen MR) is 86.0 cm³/mol. The molecule has 2 heterocycles. The van der Waals surface area contributed by atoms with Gasteiger partial charge in [0.2, 0.25) is 5.91 Å². The minimum absolute atomic E-state index is 0.0418. The number of carbonyl (C=O) groups excluding carboxylic acids is 1. The molecule has 1 N–H and O–H groups in total. The highest BCUT2D eigenvalue weighted by Crippen LogP contribution is 2.23. The number of aromatic nitrogens is 2.